The number of rotatable bonds is 8. The summed E-state index contributed by atoms with van der Waals surface area (Å²) in [5.74, 6) is -5.51. The minimum atomic E-state index is -4.65. The van der Waals surface area contributed by atoms with Gasteiger partial charge in [-0.2, -0.15) is 31.6 Å². The molecule has 204 valence electrons. The molecule has 1 aliphatic rings. The van der Waals surface area contributed by atoms with Crippen molar-refractivity contribution in [2.75, 3.05) is 7.05 Å². The Kier molecular flexibility index (Phi) is 11.5. The maximum absolute atomic E-state index is 13.6. The van der Waals surface area contributed by atoms with Gasteiger partial charge in [-0.3, -0.25) is 4.90 Å². The molecule has 3 atom stereocenters. The van der Waals surface area contributed by atoms with Crippen molar-refractivity contribution in [2.45, 2.75) is 83.2 Å². The summed E-state index contributed by atoms with van der Waals surface area (Å²) >= 11 is 0. The topological polar surface area (TPSA) is 27.0 Å². The number of hydrogen-bond donors (Lipinski definition) is 0. The van der Waals surface area contributed by atoms with Crippen LogP contribution in [0.1, 0.15) is 68.6 Å². The maximum atomic E-state index is 13.6. The second-order valence-corrected chi connectivity index (χ2v) is 9.72. The molecular weight excluding hydrogens is 490 g/mol. The number of hydrogen-bond acceptors (Lipinski definition) is 2. The molecule has 2 aromatic rings. The first-order valence-electron chi connectivity index (χ1n) is 12.7. The number of halogens is 6. The van der Waals surface area contributed by atoms with E-state index in [1.54, 1.807) is 18.2 Å². The first kappa shape index (κ1) is 30.7. The summed E-state index contributed by atoms with van der Waals surface area (Å²) in [5, 5.41) is 7.32. The Morgan fingerprint density at radius 3 is 1.86 bits per heavy atom. The van der Waals surface area contributed by atoms with Gasteiger partial charge in [-0.25, -0.2) is 0 Å². The van der Waals surface area contributed by atoms with E-state index >= 15 is 0 Å². The second kappa shape index (κ2) is 13.9. The molecule has 1 aliphatic carbocycles. The van der Waals surface area contributed by atoms with E-state index < -0.39 is 30.1 Å². The molecule has 0 saturated heterocycles. The molecule has 0 aromatic heterocycles. The molecule has 2 aromatic carbocycles. The highest BCUT2D eigenvalue weighted by molar-refractivity contribution is 5.28. The van der Waals surface area contributed by atoms with Crippen LogP contribution in [-0.4, -0.2) is 30.3 Å². The summed E-state index contributed by atoms with van der Waals surface area (Å²) < 4.78 is 81.8. The van der Waals surface area contributed by atoms with E-state index in [2.05, 4.69) is 31.0 Å². The summed E-state index contributed by atoms with van der Waals surface area (Å²) in [6.45, 7) is 4.37. The molecule has 1 fully saturated rings. The Bertz CT molecular complexity index is 941. The van der Waals surface area contributed by atoms with Crippen molar-refractivity contribution in [1.82, 2.24) is 4.90 Å². The number of nitriles is 1. The molecule has 8 heteroatoms. The summed E-state index contributed by atoms with van der Waals surface area (Å²) in [6.07, 6.45) is -7.34. The quantitative estimate of drug-likeness (QED) is 0.322. The first-order valence-corrected chi connectivity index (χ1v) is 12.7. The Morgan fingerprint density at radius 2 is 1.41 bits per heavy atom. The Balaban J connectivity index is 0.00000153. The molecule has 0 N–H and O–H groups in total. The van der Waals surface area contributed by atoms with Gasteiger partial charge in [-0.15, -0.1) is 0 Å². The van der Waals surface area contributed by atoms with Gasteiger partial charge in [0.15, 0.2) is 0 Å². The number of nitrogens with zero attached hydrogens (tertiary/aromatic N) is 2. The van der Waals surface area contributed by atoms with Crippen LogP contribution in [0.3, 0.4) is 0 Å². The number of aryl methyl sites for hydroxylation is 1. The van der Waals surface area contributed by atoms with Crippen LogP contribution >= 0.6 is 0 Å². The normalized spacial score (nSPS) is 21.1. The zero-order valence-corrected chi connectivity index (χ0v) is 21.6. The van der Waals surface area contributed by atoms with Crippen LogP contribution in [0.5, 0.6) is 0 Å². The summed E-state index contributed by atoms with van der Waals surface area (Å²) in [6, 6.07) is 18.6. The standard InChI is InChI=1S/C27H33F6N.C2H3N/c1-3-22(34(2)18-20-8-5-4-6-9-20)17-14-19-12-15-21(16-13-19)25-23(26(28,29)30)10-7-11-24(25)27(31,32)33;1-2-3/h4-6,8-9,12-13,15-16,22-25H,3,7,10-11,14,17-18H2,1-2H3;1H3. The fourth-order valence-corrected chi connectivity index (χ4v) is 5.37. The Hall–Kier alpha value is -2.53. The van der Waals surface area contributed by atoms with Gasteiger partial charge < -0.3 is 0 Å². The lowest BCUT2D eigenvalue weighted by Crippen LogP contribution is -2.42. The molecule has 1 saturated carbocycles. The van der Waals surface area contributed by atoms with E-state index in [1.807, 2.05) is 18.2 Å². The van der Waals surface area contributed by atoms with Crippen LogP contribution in [-0.2, 0) is 13.0 Å². The Morgan fingerprint density at radius 1 is 0.892 bits per heavy atom. The molecule has 0 amide bonds. The largest absolute Gasteiger partial charge is 0.392 e. The van der Waals surface area contributed by atoms with Crippen molar-refractivity contribution in [3.05, 3.63) is 71.3 Å². The summed E-state index contributed by atoms with van der Waals surface area (Å²) in [4.78, 5) is 2.29. The molecule has 0 bridgehead atoms. The van der Waals surface area contributed by atoms with Gasteiger partial charge in [0.1, 0.15) is 0 Å². The van der Waals surface area contributed by atoms with Gasteiger partial charge in [0.05, 0.1) is 17.9 Å². The van der Waals surface area contributed by atoms with Crippen molar-refractivity contribution in [1.29, 1.82) is 5.26 Å². The van der Waals surface area contributed by atoms with Gasteiger partial charge in [0.25, 0.3) is 0 Å². The second-order valence-electron chi connectivity index (χ2n) is 9.72. The van der Waals surface area contributed by atoms with Gasteiger partial charge in [0.2, 0.25) is 0 Å². The summed E-state index contributed by atoms with van der Waals surface area (Å²) in [7, 11) is 2.07. The SMILES string of the molecule is CC#N.CCC(CCc1ccc(C2C(C(F)(F)F)CCCC2C(F)(F)F)cc1)N(C)Cc1ccccc1. The monoisotopic (exact) mass is 526 g/mol. The number of alkyl halides is 6. The van der Waals surface area contributed by atoms with Crippen molar-refractivity contribution >= 4 is 0 Å². The third-order valence-corrected chi connectivity index (χ3v) is 7.24. The van der Waals surface area contributed by atoms with Crippen LogP contribution in [0.25, 0.3) is 0 Å². The molecule has 0 spiro atoms. The molecule has 2 nitrogen and oxygen atoms in total. The lowest BCUT2D eigenvalue weighted by atomic mass is 9.68. The van der Waals surface area contributed by atoms with Gasteiger partial charge in [0, 0.05) is 25.4 Å². The van der Waals surface area contributed by atoms with E-state index in [4.69, 9.17) is 5.26 Å². The van der Waals surface area contributed by atoms with Gasteiger partial charge >= 0.3 is 12.4 Å². The Labute approximate surface area is 216 Å². The van der Waals surface area contributed by atoms with E-state index in [0.29, 0.717) is 12.5 Å². The highest BCUT2D eigenvalue weighted by atomic mass is 19.4. The van der Waals surface area contributed by atoms with Crippen molar-refractivity contribution in [3.8, 4) is 6.07 Å². The van der Waals surface area contributed by atoms with Crippen LogP contribution < -0.4 is 0 Å². The van der Waals surface area contributed by atoms with Gasteiger partial charge in [-0.05, 0) is 55.8 Å². The highest BCUT2D eigenvalue weighted by Gasteiger charge is 2.56. The van der Waals surface area contributed by atoms with Crippen LogP contribution in [0.4, 0.5) is 26.3 Å². The number of benzene rings is 2. The van der Waals surface area contributed by atoms with E-state index in [-0.39, 0.29) is 24.8 Å². The van der Waals surface area contributed by atoms with Crippen LogP contribution in [0.2, 0.25) is 0 Å². The maximum Gasteiger partial charge on any atom is 0.392 e. The minimum Gasteiger partial charge on any atom is -0.299 e. The van der Waals surface area contributed by atoms with E-state index in [0.717, 1.165) is 24.9 Å². The molecule has 3 unspecified atom stereocenters. The lowest BCUT2D eigenvalue weighted by Gasteiger charge is -2.40. The zero-order chi connectivity index (χ0) is 27.6. The van der Waals surface area contributed by atoms with Crippen molar-refractivity contribution < 1.29 is 26.3 Å². The van der Waals surface area contributed by atoms with Crippen LogP contribution in [0.15, 0.2) is 54.6 Å². The average Bonchev–Trinajstić information content (AvgIpc) is 2.84. The molecule has 37 heavy (non-hydrogen) atoms. The predicted molar refractivity (Wildman–Crippen MR) is 134 cm³/mol. The third kappa shape index (κ3) is 9.07. The summed E-state index contributed by atoms with van der Waals surface area (Å²) in [5.41, 5.74) is 2.29. The minimum absolute atomic E-state index is 0.0577. The zero-order valence-electron chi connectivity index (χ0n) is 21.6. The predicted octanol–water partition coefficient (Wildman–Crippen LogP) is 8.68. The molecule has 0 radical (unpaired) electrons. The van der Waals surface area contributed by atoms with Gasteiger partial charge in [-0.1, -0.05) is 67.9 Å². The molecule has 0 aliphatic heterocycles. The molecule has 3 rings (SSSR count). The smallest absolute Gasteiger partial charge is 0.299 e. The fourth-order valence-electron chi connectivity index (χ4n) is 5.37. The van der Waals surface area contributed by atoms with Crippen LogP contribution in [0, 0.1) is 23.2 Å². The lowest BCUT2D eigenvalue weighted by molar-refractivity contribution is -0.231. The highest BCUT2D eigenvalue weighted by Crippen LogP contribution is 2.53. The molecular formula is C29H36F6N2. The third-order valence-electron chi connectivity index (χ3n) is 7.24. The molecule has 0 heterocycles. The fraction of sp³-hybridized carbons (Fsp3) is 0.552. The van der Waals surface area contributed by atoms with E-state index in [9.17, 15) is 26.3 Å². The first-order chi connectivity index (χ1) is 17.4. The van der Waals surface area contributed by atoms with Crippen molar-refractivity contribution in [3.63, 3.8) is 0 Å². The van der Waals surface area contributed by atoms with Crippen molar-refractivity contribution in [2.24, 2.45) is 11.8 Å². The van der Waals surface area contributed by atoms with E-state index in [1.165, 1.54) is 24.6 Å². The average molecular weight is 527 g/mol.